The average Bonchev–Trinajstić information content (AvgIpc) is 2.38. The van der Waals surface area contributed by atoms with Crippen LogP contribution < -0.4 is 4.74 Å². The zero-order valence-electron chi connectivity index (χ0n) is 10.2. The second kappa shape index (κ2) is 5.23. The van der Waals surface area contributed by atoms with Crippen LogP contribution in [0.4, 0.5) is 0 Å². The standard InChI is InChI=1S/C15H13ClO2/c1-10-5-3-4-6-12(10)15(17)13-8-7-11(16)9-14(13)18-2/h3-9H,1-2H3. The summed E-state index contributed by atoms with van der Waals surface area (Å²) in [5, 5.41) is 0.549. The summed E-state index contributed by atoms with van der Waals surface area (Å²) in [6.45, 7) is 1.91. The number of ether oxygens (including phenoxy) is 1. The molecule has 0 aliphatic heterocycles. The number of carbonyl (C=O) groups excluding carboxylic acids is 1. The third-order valence-corrected chi connectivity index (χ3v) is 3.03. The number of hydrogen-bond acceptors (Lipinski definition) is 2. The molecule has 0 N–H and O–H groups in total. The first-order chi connectivity index (χ1) is 8.63. The number of hydrogen-bond donors (Lipinski definition) is 0. The van der Waals surface area contributed by atoms with Crippen molar-refractivity contribution in [1.29, 1.82) is 0 Å². The lowest BCUT2D eigenvalue weighted by atomic mass is 9.98. The Morgan fingerprint density at radius 2 is 1.83 bits per heavy atom. The van der Waals surface area contributed by atoms with Crippen LogP contribution >= 0.6 is 11.6 Å². The number of aryl methyl sites for hydroxylation is 1. The Balaban J connectivity index is 2.50. The lowest BCUT2D eigenvalue weighted by molar-refractivity contribution is 0.103. The number of methoxy groups -OCH3 is 1. The van der Waals surface area contributed by atoms with Crippen molar-refractivity contribution in [3.05, 3.63) is 64.2 Å². The smallest absolute Gasteiger partial charge is 0.197 e. The van der Waals surface area contributed by atoms with Crippen molar-refractivity contribution in [2.75, 3.05) is 7.11 Å². The molecule has 0 amide bonds. The molecule has 0 bridgehead atoms. The lowest BCUT2D eigenvalue weighted by Crippen LogP contribution is -2.05. The van der Waals surface area contributed by atoms with E-state index in [9.17, 15) is 4.79 Å². The molecule has 0 aliphatic rings. The summed E-state index contributed by atoms with van der Waals surface area (Å²) in [7, 11) is 1.53. The quantitative estimate of drug-likeness (QED) is 0.783. The molecule has 2 aromatic rings. The average molecular weight is 261 g/mol. The summed E-state index contributed by atoms with van der Waals surface area (Å²) in [6.07, 6.45) is 0. The van der Waals surface area contributed by atoms with E-state index in [1.807, 2.05) is 31.2 Å². The minimum absolute atomic E-state index is 0.0541. The van der Waals surface area contributed by atoms with Crippen LogP contribution in [0.15, 0.2) is 42.5 Å². The molecule has 0 saturated heterocycles. The first-order valence-electron chi connectivity index (χ1n) is 5.57. The third kappa shape index (κ3) is 2.39. The Hall–Kier alpha value is -1.80. The highest BCUT2D eigenvalue weighted by atomic mass is 35.5. The summed E-state index contributed by atoms with van der Waals surface area (Å²) in [5.41, 5.74) is 2.15. The Morgan fingerprint density at radius 3 is 2.50 bits per heavy atom. The first kappa shape index (κ1) is 12.7. The van der Waals surface area contributed by atoms with Crippen molar-refractivity contribution in [2.24, 2.45) is 0 Å². The number of rotatable bonds is 3. The third-order valence-electron chi connectivity index (χ3n) is 2.80. The van der Waals surface area contributed by atoms with Gasteiger partial charge in [0, 0.05) is 10.6 Å². The van der Waals surface area contributed by atoms with Gasteiger partial charge in [0.15, 0.2) is 5.78 Å². The Kier molecular flexibility index (Phi) is 3.68. The van der Waals surface area contributed by atoms with E-state index >= 15 is 0 Å². The van der Waals surface area contributed by atoms with Crippen LogP contribution in [-0.4, -0.2) is 12.9 Å². The highest BCUT2D eigenvalue weighted by Gasteiger charge is 2.16. The molecule has 92 valence electrons. The summed E-state index contributed by atoms with van der Waals surface area (Å²) in [5.74, 6) is 0.442. The molecule has 0 aromatic heterocycles. The normalized spacial score (nSPS) is 10.2. The molecular weight excluding hydrogens is 248 g/mol. The maximum atomic E-state index is 12.4. The summed E-state index contributed by atoms with van der Waals surface area (Å²) < 4.78 is 5.20. The van der Waals surface area contributed by atoms with Crippen LogP contribution in [0, 0.1) is 6.92 Å². The molecule has 0 saturated carbocycles. The number of halogens is 1. The van der Waals surface area contributed by atoms with Crippen LogP contribution in [0.5, 0.6) is 5.75 Å². The van der Waals surface area contributed by atoms with Gasteiger partial charge in [0.2, 0.25) is 0 Å². The first-order valence-corrected chi connectivity index (χ1v) is 5.95. The minimum atomic E-state index is -0.0541. The van der Waals surface area contributed by atoms with Crippen molar-refractivity contribution >= 4 is 17.4 Å². The maximum Gasteiger partial charge on any atom is 0.197 e. The molecule has 2 aromatic carbocycles. The molecule has 0 heterocycles. The fourth-order valence-corrected chi connectivity index (χ4v) is 1.99. The van der Waals surface area contributed by atoms with E-state index in [2.05, 4.69) is 0 Å². The van der Waals surface area contributed by atoms with E-state index in [-0.39, 0.29) is 5.78 Å². The summed E-state index contributed by atoms with van der Waals surface area (Å²) in [4.78, 5) is 12.4. The van der Waals surface area contributed by atoms with E-state index in [0.717, 1.165) is 5.56 Å². The predicted octanol–water partition coefficient (Wildman–Crippen LogP) is 3.89. The van der Waals surface area contributed by atoms with Gasteiger partial charge in [0.05, 0.1) is 12.7 Å². The van der Waals surface area contributed by atoms with Gasteiger partial charge < -0.3 is 4.74 Å². The summed E-state index contributed by atoms with van der Waals surface area (Å²) >= 11 is 5.89. The predicted molar refractivity (Wildman–Crippen MR) is 72.6 cm³/mol. The van der Waals surface area contributed by atoms with E-state index in [0.29, 0.717) is 21.9 Å². The summed E-state index contributed by atoms with van der Waals surface area (Å²) in [6, 6.07) is 12.5. The Bertz CT molecular complexity index is 591. The lowest BCUT2D eigenvalue weighted by Gasteiger charge is -2.09. The molecule has 0 aliphatic carbocycles. The Morgan fingerprint density at radius 1 is 1.11 bits per heavy atom. The monoisotopic (exact) mass is 260 g/mol. The van der Waals surface area contributed by atoms with Crippen molar-refractivity contribution in [3.63, 3.8) is 0 Å². The minimum Gasteiger partial charge on any atom is -0.496 e. The van der Waals surface area contributed by atoms with Gasteiger partial charge in [-0.2, -0.15) is 0 Å². The molecular formula is C15H13ClO2. The maximum absolute atomic E-state index is 12.4. The van der Waals surface area contributed by atoms with Crippen LogP contribution in [0.1, 0.15) is 21.5 Å². The van der Waals surface area contributed by atoms with E-state index in [4.69, 9.17) is 16.3 Å². The second-order valence-electron chi connectivity index (χ2n) is 3.99. The fraction of sp³-hybridized carbons (Fsp3) is 0.133. The molecule has 0 atom stereocenters. The van der Waals surface area contributed by atoms with Gasteiger partial charge in [-0.1, -0.05) is 35.9 Å². The molecule has 0 unspecified atom stereocenters. The number of ketones is 1. The van der Waals surface area contributed by atoms with Crippen molar-refractivity contribution in [1.82, 2.24) is 0 Å². The molecule has 2 nitrogen and oxygen atoms in total. The van der Waals surface area contributed by atoms with Gasteiger partial charge in [0.1, 0.15) is 5.75 Å². The molecule has 0 spiro atoms. The zero-order chi connectivity index (χ0) is 13.1. The topological polar surface area (TPSA) is 26.3 Å². The van der Waals surface area contributed by atoms with Gasteiger partial charge in [0.25, 0.3) is 0 Å². The van der Waals surface area contributed by atoms with E-state index < -0.39 is 0 Å². The second-order valence-corrected chi connectivity index (χ2v) is 4.43. The highest BCUT2D eigenvalue weighted by Crippen LogP contribution is 2.26. The molecule has 2 rings (SSSR count). The number of carbonyl (C=O) groups is 1. The van der Waals surface area contributed by atoms with Crippen molar-refractivity contribution in [3.8, 4) is 5.75 Å². The van der Waals surface area contributed by atoms with Gasteiger partial charge in [-0.05, 0) is 30.7 Å². The van der Waals surface area contributed by atoms with Crippen LogP contribution in [0.2, 0.25) is 5.02 Å². The fourth-order valence-electron chi connectivity index (χ4n) is 1.83. The largest absolute Gasteiger partial charge is 0.496 e. The van der Waals surface area contributed by atoms with Gasteiger partial charge in [-0.15, -0.1) is 0 Å². The van der Waals surface area contributed by atoms with Gasteiger partial charge >= 0.3 is 0 Å². The molecule has 0 fully saturated rings. The van der Waals surface area contributed by atoms with Crippen molar-refractivity contribution < 1.29 is 9.53 Å². The van der Waals surface area contributed by atoms with Crippen LogP contribution in [0.25, 0.3) is 0 Å². The van der Waals surface area contributed by atoms with E-state index in [1.54, 1.807) is 18.2 Å². The SMILES string of the molecule is COc1cc(Cl)ccc1C(=O)c1ccccc1C. The molecule has 3 heteroatoms. The highest BCUT2D eigenvalue weighted by molar-refractivity contribution is 6.31. The number of benzene rings is 2. The van der Waals surface area contributed by atoms with Crippen LogP contribution in [-0.2, 0) is 0 Å². The zero-order valence-corrected chi connectivity index (χ0v) is 11.0. The van der Waals surface area contributed by atoms with Gasteiger partial charge in [-0.3, -0.25) is 4.79 Å². The van der Waals surface area contributed by atoms with Gasteiger partial charge in [-0.25, -0.2) is 0 Å². The molecule has 0 radical (unpaired) electrons. The van der Waals surface area contributed by atoms with Crippen LogP contribution in [0.3, 0.4) is 0 Å². The van der Waals surface area contributed by atoms with Crippen molar-refractivity contribution in [2.45, 2.75) is 6.92 Å². The Labute approximate surface area is 111 Å². The van der Waals surface area contributed by atoms with E-state index in [1.165, 1.54) is 7.11 Å². The molecule has 18 heavy (non-hydrogen) atoms.